The lowest BCUT2D eigenvalue weighted by Gasteiger charge is -2.14. The van der Waals surface area contributed by atoms with Crippen molar-refractivity contribution < 1.29 is 14.3 Å². The van der Waals surface area contributed by atoms with Crippen LogP contribution in [0.4, 0.5) is 0 Å². The predicted octanol–water partition coefficient (Wildman–Crippen LogP) is 4.35. The molecule has 1 aromatic rings. The summed E-state index contributed by atoms with van der Waals surface area (Å²) in [7, 11) is 0. The van der Waals surface area contributed by atoms with Gasteiger partial charge in [-0.25, -0.2) is 4.79 Å². The van der Waals surface area contributed by atoms with Gasteiger partial charge in [0, 0.05) is 5.02 Å². The molecule has 18 heavy (non-hydrogen) atoms. The molecule has 0 saturated heterocycles. The minimum absolute atomic E-state index is 0.214. The second-order valence-electron chi connectivity index (χ2n) is 4.07. The van der Waals surface area contributed by atoms with Crippen molar-refractivity contribution in [2.75, 3.05) is 6.61 Å². The van der Waals surface area contributed by atoms with Gasteiger partial charge >= 0.3 is 5.97 Å². The number of ether oxygens (including phenoxy) is 2. The Morgan fingerprint density at radius 1 is 1.33 bits per heavy atom. The molecule has 0 radical (unpaired) electrons. The standard InChI is InChI=1S/C13H16Cl2O3/c1-4-5-17-12-10(13(16)18-8(2)3)6-9(14)7-11(12)15/h6-8H,4-5H2,1-3H3. The van der Waals surface area contributed by atoms with E-state index in [0.29, 0.717) is 22.4 Å². The van der Waals surface area contributed by atoms with Crippen molar-refractivity contribution in [2.45, 2.75) is 33.3 Å². The van der Waals surface area contributed by atoms with Crippen LogP contribution in [-0.2, 0) is 4.74 Å². The molecule has 0 aromatic heterocycles. The summed E-state index contributed by atoms with van der Waals surface area (Å²) in [6.45, 7) is 5.99. The average Bonchev–Trinajstić information content (AvgIpc) is 2.26. The zero-order valence-electron chi connectivity index (χ0n) is 10.6. The number of benzene rings is 1. The first-order chi connectivity index (χ1) is 8.45. The van der Waals surface area contributed by atoms with Crippen LogP contribution in [0.5, 0.6) is 5.75 Å². The maximum Gasteiger partial charge on any atom is 0.342 e. The Bertz CT molecular complexity index is 430. The number of esters is 1. The van der Waals surface area contributed by atoms with E-state index in [1.807, 2.05) is 6.92 Å². The maximum atomic E-state index is 11.9. The van der Waals surface area contributed by atoms with Crippen molar-refractivity contribution in [3.63, 3.8) is 0 Å². The van der Waals surface area contributed by atoms with Crippen LogP contribution < -0.4 is 4.74 Å². The van der Waals surface area contributed by atoms with Crippen LogP contribution in [0.3, 0.4) is 0 Å². The first-order valence-corrected chi connectivity index (χ1v) is 6.54. The van der Waals surface area contributed by atoms with Crippen LogP contribution in [0.2, 0.25) is 10.0 Å². The number of carbonyl (C=O) groups excluding carboxylic acids is 1. The summed E-state index contributed by atoms with van der Waals surface area (Å²) in [5.41, 5.74) is 0.259. The van der Waals surface area contributed by atoms with E-state index >= 15 is 0 Å². The monoisotopic (exact) mass is 290 g/mol. The summed E-state index contributed by atoms with van der Waals surface area (Å²) in [4.78, 5) is 11.9. The molecule has 1 aromatic carbocycles. The minimum atomic E-state index is -0.486. The van der Waals surface area contributed by atoms with Gasteiger partial charge in [0.1, 0.15) is 5.56 Å². The molecule has 1 rings (SSSR count). The third-order valence-electron chi connectivity index (χ3n) is 2.02. The molecule has 0 aliphatic rings. The van der Waals surface area contributed by atoms with E-state index in [0.717, 1.165) is 6.42 Å². The Balaban J connectivity index is 3.10. The molecule has 5 heteroatoms. The largest absolute Gasteiger partial charge is 0.491 e. The number of carbonyl (C=O) groups is 1. The Hall–Kier alpha value is -0.930. The smallest absolute Gasteiger partial charge is 0.342 e. The predicted molar refractivity (Wildman–Crippen MR) is 72.8 cm³/mol. The summed E-state index contributed by atoms with van der Waals surface area (Å²) < 4.78 is 10.6. The maximum absolute atomic E-state index is 11.9. The zero-order chi connectivity index (χ0) is 13.7. The summed E-state index contributed by atoms with van der Waals surface area (Å²) in [5, 5.41) is 0.686. The highest BCUT2D eigenvalue weighted by molar-refractivity contribution is 6.36. The summed E-state index contributed by atoms with van der Waals surface area (Å²) in [6, 6.07) is 3.05. The molecule has 0 spiro atoms. The van der Waals surface area contributed by atoms with Gasteiger partial charge in [-0.2, -0.15) is 0 Å². The molecule has 3 nitrogen and oxygen atoms in total. The molecular weight excluding hydrogens is 275 g/mol. The molecule has 0 unspecified atom stereocenters. The van der Waals surface area contributed by atoms with E-state index in [-0.39, 0.29) is 11.7 Å². The van der Waals surface area contributed by atoms with Crippen LogP contribution >= 0.6 is 23.2 Å². The molecule has 0 fully saturated rings. The second-order valence-corrected chi connectivity index (χ2v) is 4.91. The van der Waals surface area contributed by atoms with Crippen molar-refractivity contribution in [3.05, 3.63) is 27.7 Å². The Morgan fingerprint density at radius 3 is 2.56 bits per heavy atom. The number of halogens is 2. The third-order valence-corrected chi connectivity index (χ3v) is 2.52. The van der Waals surface area contributed by atoms with Gasteiger partial charge in [-0.3, -0.25) is 0 Å². The molecule has 100 valence electrons. The number of hydrogen-bond donors (Lipinski definition) is 0. The summed E-state index contributed by atoms with van der Waals surface area (Å²) in [5.74, 6) is -0.158. The van der Waals surface area contributed by atoms with Crippen LogP contribution in [0.1, 0.15) is 37.6 Å². The minimum Gasteiger partial charge on any atom is -0.491 e. The lowest BCUT2D eigenvalue weighted by Crippen LogP contribution is -2.13. The molecule has 0 saturated carbocycles. The zero-order valence-corrected chi connectivity index (χ0v) is 12.1. The van der Waals surface area contributed by atoms with Crippen molar-refractivity contribution >= 4 is 29.2 Å². The molecular formula is C13H16Cl2O3. The fraction of sp³-hybridized carbons (Fsp3) is 0.462. The van der Waals surface area contributed by atoms with Crippen LogP contribution in [0.15, 0.2) is 12.1 Å². The lowest BCUT2D eigenvalue weighted by molar-refractivity contribution is 0.0373. The fourth-order valence-corrected chi connectivity index (χ4v) is 1.89. The Kier molecular flexibility index (Phi) is 5.76. The van der Waals surface area contributed by atoms with Gasteiger partial charge in [0.15, 0.2) is 5.75 Å². The molecule has 0 bridgehead atoms. The van der Waals surface area contributed by atoms with Gasteiger partial charge in [-0.15, -0.1) is 0 Å². The highest BCUT2D eigenvalue weighted by Crippen LogP contribution is 2.33. The van der Waals surface area contributed by atoms with E-state index in [1.165, 1.54) is 6.07 Å². The number of rotatable bonds is 5. The lowest BCUT2D eigenvalue weighted by atomic mass is 10.2. The van der Waals surface area contributed by atoms with Crippen molar-refractivity contribution in [2.24, 2.45) is 0 Å². The first-order valence-electron chi connectivity index (χ1n) is 5.78. The second kappa shape index (κ2) is 6.86. The molecule has 0 N–H and O–H groups in total. The molecule has 0 aliphatic heterocycles. The Labute approximate surface area is 117 Å². The van der Waals surface area contributed by atoms with E-state index in [4.69, 9.17) is 32.7 Å². The molecule has 0 atom stereocenters. The van der Waals surface area contributed by atoms with Gasteiger partial charge in [0.2, 0.25) is 0 Å². The molecule has 0 amide bonds. The fourth-order valence-electron chi connectivity index (χ4n) is 1.34. The van der Waals surface area contributed by atoms with Gasteiger partial charge < -0.3 is 9.47 Å². The van der Waals surface area contributed by atoms with Crippen molar-refractivity contribution in [3.8, 4) is 5.75 Å². The SMILES string of the molecule is CCCOc1c(Cl)cc(Cl)cc1C(=O)OC(C)C. The van der Waals surface area contributed by atoms with Crippen LogP contribution in [-0.4, -0.2) is 18.7 Å². The van der Waals surface area contributed by atoms with Gasteiger partial charge in [0.25, 0.3) is 0 Å². The van der Waals surface area contributed by atoms with Crippen LogP contribution in [0.25, 0.3) is 0 Å². The van der Waals surface area contributed by atoms with Gasteiger partial charge in [0.05, 0.1) is 17.7 Å². The van der Waals surface area contributed by atoms with Gasteiger partial charge in [-0.1, -0.05) is 30.1 Å². The van der Waals surface area contributed by atoms with Crippen molar-refractivity contribution in [1.82, 2.24) is 0 Å². The average molecular weight is 291 g/mol. The van der Waals surface area contributed by atoms with E-state index in [9.17, 15) is 4.79 Å². The van der Waals surface area contributed by atoms with E-state index in [2.05, 4.69) is 0 Å². The van der Waals surface area contributed by atoms with E-state index < -0.39 is 5.97 Å². The number of hydrogen-bond acceptors (Lipinski definition) is 3. The highest BCUT2D eigenvalue weighted by atomic mass is 35.5. The quantitative estimate of drug-likeness (QED) is 0.757. The third kappa shape index (κ3) is 4.07. The summed E-state index contributed by atoms with van der Waals surface area (Å²) >= 11 is 11.9. The summed E-state index contributed by atoms with van der Waals surface area (Å²) in [6.07, 6.45) is 0.603. The molecule has 0 heterocycles. The normalized spacial score (nSPS) is 10.6. The topological polar surface area (TPSA) is 35.5 Å². The van der Waals surface area contributed by atoms with Crippen LogP contribution in [0, 0.1) is 0 Å². The first kappa shape index (κ1) is 15.1. The van der Waals surface area contributed by atoms with E-state index in [1.54, 1.807) is 19.9 Å². The van der Waals surface area contributed by atoms with Crippen molar-refractivity contribution in [1.29, 1.82) is 0 Å². The Morgan fingerprint density at radius 2 is 2.00 bits per heavy atom. The molecule has 0 aliphatic carbocycles. The highest BCUT2D eigenvalue weighted by Gasteiger charge is 2.19. The van der Waals surface area contributed by atoms with Gasteiger partial charge in [-0.05, 0) is 32.4 Å².